The molecule has 1 N–H and O–H groups in total. The number of benzene rings is 2. The molecule has 0 spiro atoms. The van der Waals surface area contributed by atoms with Gasteiger partial charge < -0.3 is 18.9 Å². The van der Waals surface area contributed by atoms with Crippen molar-refractivity contribution in [3.05, 3.63) is 59.9 Å². The van der Waals surface area contributed by atoms with E-state index in [1.165, 1.54) is 12.1 Å². The molecule has 0 aliphatic heterocycles. The number of halogens is 1. The van der Waals surface area contributed by atoms with Gasteiger partial charge in [0.2, 0.25) is 0 Å². The van der Waals surface area contributed by atoms with Crippen molar-refractivity contribution in [1.29, 1.82) is 0 Å². The zero-order valence-corrected chi connectivity index (χ0v) is 14.4. The van der Waals surface area contributed by atoms with Crippen LogP contribution in [0.3, 0.4) is 0 Å². The van der Waals surface area contributed by atoms with Crippen LogP contribution < -0.4 is 4.74 Å². The Morgan fingerprint density at radius 1 is 1.08 bits per heavy atom. The van der Waals surface area contributed by atoms with Crippen molar-refractivity contribution in [1.82, 2.24) is 0 Å². The van der Waals surface area contributed by atoms with Crippen LogP contribution in [0.5, 0.6) is 11.5 Å². The molecule has 0 fully saturated rings. The zero-order valence-electron chi connectivity index (χ0n) is 13.5. The first kappa shape index (κ1) is 18.6. The van der Waals surface area contributed by atoms with Gasteiger partial charge in [0.25, 0.3) is 0 Å². The molecule has 0 radical (unpaired) electrons. The van der Waals surface area contributed by atoms with Gasteiger partial charge in [-0.15, -0.1) is 0 Å². The zero-order chi connectivity index (χ0) is 17.6. The predicted molar refractivity (Wildman–Crippen MR) is 88.7 cm³/mol. The van der Waals surface area contributed by atoms with Gasteiger partial charge in [-0.3, -0.25) is 4.57 Å². The van der Waals surface area contributed by atoms with E-state index in [2.05, 4.69) is 0 Å². The molecule has 2 aromatic rings. The minimum atomic E-state index is -3.77. The molecule has 0 saturated carbocycles. The van der Waals surface area contributed by atoms with Crippen LogP contribution in [0.2, 0.25) is 0 Å². The molecule has 2 rings (SSSR count). The second-order valence-corrected chi connectivity index (χ2v) is 6.94. The Balaban J connectivity index is 2.30. The molecule has 0 aliphatic carbocycles. The van der Waals surface area contributed by atoms with Crippen LogP contribution in [-0.4, -0.2) is 18.3 Å². The van der Waals surface area contributed by atoms with Crippen LogP contribution in [0.25, 0.3) is 0 Å². The number of aliphatic hydroxyl groups excluding tert-OH is 1. The van der Waals surface area contributed by atoms with Crippen molar-refractivity contribution >= 4 is 7.60 Å². The van der Waals surface area contributed by atoms with Crippen molar-refractivity contribution in [2.45, 2.75) is 19.7 Å². The predicted octanol–water partition coefficient (Wildman–Crippen LogP) is 4.88. The lowest BCUT2D eigenvalue weighted by Gasteiger charge is -2.22. The first-order valence-corrected chi connectivity index (χ1v) is 9.20. The summed E-state index contributed by atoms with van der Waals surface area (Å²) in [6.07, 6.45) is 0. The van der Waals surface area contributed by atoms with Gasteiger partial charge in [0, 0.05) is 0 Å². The summed E-state index contributed by atoms with van der Waals surface area (Å²) >= 11 is 0. The molecule has 0 heterocycles. The van der Waals surface area contributed by atoms with Crippen molar-refractivity contribution in [3.63, 3.8) is 0 Å². The van der Waals surface area contributed by atoms with Gasteiger partial charge in [-0.25, -0.2) is 4.39 Å². The summed E-state index contributed by atoms with van der Waals surface area (Å²) in [5.74, 6) is -1.77. The molecule has 1 atom stereocenters. The van der Waals surface area contributed by atoms with E-state index >= 15 is 0 Å². The van der Waals surface area contributed by atoms with Gasteiger partial charge in [-0.2, -0.15) is 0 Å². The topological polar surface area (TPSA) is 65.0 Å². The Bertz CT molecular complexity index is 697. The van der Waals surface area contributed by atoms with Gasteiger partial charge in [-0.05, 0) is 43.7 Å². The lowest BCUT2D eigenvalue weighted by Crippen LogP contribution is -2.06. The maximum Gasteiger partial charge on any atom is 0.363 e. The van der Waals surface area contributed by atoms with Crippen LogP contribution in [0, 0.1) is 5.82 Å². The minimum absolute atomic E-state index is 0.0858. The largest absolute Gasteiger partial charge is 0.454 e. The molecule has 2 aromatic carbocycles. The van der Waals surface area contributed by atoms with Gasteiger partial charge in [0.15, 0.2) is 17.4 Å². The smallest absolute Gasteiger partial charge is 0.363 e. The van der Waals surface area contributed by atoms with Crippen molar-refractivity contribution in [2.24, 2.45) is 0 Å². The van der Waals surface area contributed by atoms with Gasteiger partial charge in [0.1, 0.15) is 5.75 Å². The number of rotatable bonds is 8. The van der Waals surface area contributed by atoms with E-state index in [-0.39, 0.29) is 24.5 Å². The second-order valence-electron chi connectivity index (χ2n) is 4.85. The summed E-state index contributed by atoms with van der Waals surface area (Å²) in [6.45, 7) is 3.52. The Morgan fingerprint density at radius 2 is 1.71 bits per heavy atom. The maximum absolute atomic E-state index is 14.0. The standard InChI is InChI=1S/C17H20FO5P/c1-3-21-24(20,22-4-2)17(19)13-10-11-15(18)16(12-13)23-14-8-6-5-7-9-14/h5-12,17,19H,3-4H2,1-2H3. The highest BCUT2D eigenvalue weighted by atomic mass is 31.2. The molecule has 24 heavy (non-hydrogen) atoms. The maximum atomic E-state index is 14.0. The Kier molecular flexibility index (Phi) is 6.52. The molecule has 0 amide bonds. The summed E-state index contributed by atoms with van der Waals surface area (Å²) in [7, 11) is -3.77. The normalized spacial score (nSPS) is 12.8. The van der Waals surface area contributed by atoms with E-state index < -0.39 is 19.3 Å². The number of hydrogen-bond acceptors (Lipinski definition) is 5. The Labute approximate surface area is 140 Å². The van der Waals surface area contributed by atoms with Gasteiger partial charge in [-0.1, -0.05) is 24.3 Å². The monoisotopic (exact) mass is 354 g/mol. The van der Waals surface area contributed by atoms with E-state index in [0.717, 1.165) is 6.07 Å². The SMILES string of the molecule is CCOP(=O)(OCC)C(O)c1ccc(F)c(Oc2ccccc2)c1. The highest BCUT2D eigenvalue weighted by Gasteiger charge is 2.35. The van der Waals surface area contributed by atoms with E-state index in [4.69, 9.17) is 13.8 Å². The first-order chi connectivity index (χ1) is 11.5. The third-order valence-electron chi connectivity index (χ3n) is 3.14. The molecule has 5 nitrogen and oxygen atoms in total. The van der Waals surface area contributed by atoms with Crippen LogP contribution in [0.4, 0.5) is 4.39 Å². The molecule has 130 valence electrons. The third-order valence-corrected chi connectivity index (χ3v) is 5.28. The molecular formula is C17H20FO5P. The second kappa shape index (κ2) is 8.40. The third kappa shape index (κ3) is 4.42. The first-order valence-electron chi connectivity index (χ1n) is 7.59. The highest BCUT2D eigenvalue weighted by Crippen LogP contribution is 2.59. The average Bonchev–Trinajstić information content (AvgIpc) is 2.57. The number of hydrogen-bond donors (Lipinski definition) is 1. The summed E-state index contributed by atoms with van der Waals surface area (Å²) < 4.78 is 42.3. The quantitative estimate of drug-likeness (QED) is 0.685. The lowest BCUT2D eigenvalue weighted by molar-refractivity contribution is 0.150. The van der Waals surface area contributed by atoms with Crippen molar-refractivity contribution in [3.8, 4) is 11.5 Å². The summed E-state index contributed by atoms with van der Waals surface area (Å²) in [4.78, 5) is 0. The van der Waals surface area contributed by atoms with Crippen LogP contribution in [0.1, 0.15) is 25.3 Å². The fourth-order valence-electron chi connectivity index (χ4n) is 2.10. The molecule has 0 aromatic heterocycles. The Hall–Kier alpha value is -1.72. The molecule has 7 heteroatoms. The van der Waals surface area contributed by atoms with E-state index in [0.29, 0.717) is 5.75 Å². The summed E-state index contributed by atoms with van der Waals surface area (Å²) in [5, 5.41) is 10.4. The summed E-state index contributed by atoms with van der Waals surface area (Å²) in [5.41, 5.74) is 0.188. The molecule has 0 aliphatic rings. The lowest BCUT2D eigenvalue weighted by atomic mass is 10.2. The van der Waals surface area contributed by atoms with Crippen LogP contribution in [0.15, 0.2) is 48.5 Å². The highest BCUT2D eigenvalue weighted by molar-refractivity contribution is 7.54. The van der Waals surface area contributed by atoms with Crippen molar-refractivity contribution in [2.75, 3.05) is 13.2 Å². The molecule has 0 bridgehead atoms. The average molecular weight is 354 g/mol. The van der Waals surface area contributed by atoms with Gasteiger partial charge in [0.05, 0.1) is 13.2 Å². The van der Waals surface area contributed by atoms with Crippen molar-refractivity contribution < 1.29 is 27.8 Å². The Morgan fingerprint density at radius 3 is 2.29 bits per heavy atom. The van der Waals surface area contributed by atoms with Gasteiger partial charge >= 0.3 is 7.60 Å². The summed E-state index contributed by atoms with van der Waals surface area (Å²) in [6, 6.07) is 12.4. The number of aliphatic hydroxyl groups is 1. The molecular weight excluding hydrogens is 334 g/mol. The van der Waals surface area contributed by atoms with Crippen LogP contribution >= 0.6 is 7.60 Å². The van der Waals surface area contributed by atoms with E-state index in [9.17, 15) is 14.1 Å². The molecule has 1 unspecified atom stereocenters. The number of para-hydroxylation sites is 1. The minimum Gasteiger partial charge on any atom is -0.454 e. The number of ether oxygens (including phenoxy) is 1. The fourth-order valence-corrected chi connectivity index (χ4v) is 3.70. The van der Waals surface area contributed by atoms with E-state index in [1.807, 2.05) is 6.07 Å². The van der Waals surface area contributed by atoms with E-state index in [1.54, 1.807) is 38.1 Å². The van der Waals surface area contributed by atoms with Crippen LogP contribution in [-0.2, 0) is 13.6 Å². The molecule has 0 saturated heterocycles. The fraction of sp³-hybridized carbons (Fsp3) is 0.294.